The molecule has 2 N–H and O–H groups in total. The molecule has 3 aromatic heterocycles. The van der Waals surface area contributed by atoms with E-state index in [0.29, 0.717) is 0 Å². The van der Waals surface area contributed by atoms with Crippen LogP contribution in [0.2, 0.25) is 0 Å². The first-order valence-electron chi connectivity index (χ1n) is 11.3. The minimum atomic E-state index is 0.845. The molecule has 0 saturated heterocycles. The van der Waals surface area contributed by atoms with Crippen molar-refractivity contribution in [3.8, 4) is 10.6 Å². The molecular weight excluding hydrogens is 438 g/mol. The molecule has 6 heteroatoms. The van der Waals surface area contributed by atoms with Crippen molar-refractivity contribution in [2.24, 2.45) is 0 Å². The van der Waals surface area contributed by atoms with Gasteiger partial charge in [0.05, 0.1) is 16.3 Å². The fourth-order valence-electron chi connectivity index (χ4n) is 4.07. The number of anilines is 3. The van der Waals surface area contributed by atoms with Gasteiger partial charge in [-0.25, -0.2) is 9.97 Å². The van der Waals surface area contributed by atoms with Crippen molar-refractivity contribution in [2.75, 3.05) is 10.6 Å². The zero-order valence-corrected chi connectivity index (χ0v) is 20.4. The van der Waals surface area contributed by atoms with Crippen LogP contribution in [-0.2, 0) is 6.42 Å². The predicted octanol–water partition coefficient (Wildman–Crippen LogP) is 7.46. The molecule has 0 spiro atoms. The number of benzene rings is 2. The average molecular weight is 466 g/mol. The highest BCUT2D eigenvalue weighted by atomic mass is 32.1. The van der Waals surface area contributed by atoms with E-state index in [-0.39, 0.29) is 0 Å². The van der Waals surface area contributed by atoms with E-state index in [2.05, 4.69) is 101 Å². The molecule has 5 rings (SSSR count). The Morgan fingerprint density at radius 3 is 2.65 bits per heavy atom. The molecule has 3 heterocycles. The summed E-state index contributed by atoms with van der Waals surface area (Å²) in [6.07, 6.45) is 4.96. The fraction of sp³-hybridized carbons (Fsp3) is 0.143. The minimum Gasteiger partial charge on any atom is -0.355 e. The number of rotatable bonds is 7. The molecular formula is C28H27N5S. The number of para-hydroxylation sites is 1. The molecule has 0 aliphatic rings. The zero-order chi connectivity index (χ0) is 23.7. The third-order valence-electron chi connectivity index (χ3n) is 5.86. The van der Waals surface area contributed by atoms with Crippen LogP contribution in [0.3, 0.4) is 0 Å². The summed E-state index contributed by atoms with van der Waals surface area (Å²) in [4.78, 5) is 10.4. The lowest BCUT2D eigenvalue weighted by Crippen LogP contribution is -2.00. The summed E-state index contributed by atoms with van der Waals surface area (Å²) in [5, 5.41) is 7.73. The number of nitrogens with zero attached hydrogens (tertiary/aromatic N) is 3. The largest absolute Gasteiger partial charge is 0.355 e. The first-order chi connectivity index (χ1) is 16.5. The molecule has 5 aromatic rings. The summed E-state index contributed by atoms with van der Waals surface area (Å²) in [5.74, 6) is 0. The normalized spacial score (nSPS) is 11.0. The Labute approximate surface area is 203 Å². The van der Waals surface area contributed by atoms with Crippen molar-refractivity contribution >= 4 is 39.2 Å². The van der Waals surface area contributed by atoms with Crippen molar-refractivity contribution in [2.45, 2.75) is 27.2 Å². The van der Waals surface area contributed by atoms with Crippen molar-refractivity contribution in [3.05, 3.63) is 102 Å². The number of imidazole rings is 1. The molecule has 0 atom stereocenters. The van der Waals surface area contributed by atoms with Crippen molar-refractivity contribution in [3.63, 3.8) is 0 Å². The van der Waals surface area contributed by atoms with Gasteiger partial charge in [-0.1, -0.05) is 55.2 Å². The maximum atomic E-state index is 4.72. The number of aryl methyl sites for hydroxylation is 3. The van der Waals surface area contributed by atoms with Gasteiger partial charge in [0.15, 0.2) is 5.13 Å². The molecule has 0 saturated carbocycles. The Hall–Kier alpha value is -3.90. The second kappa shape index (κ2) is 9.15. The topological polar surface area (TPSA) is 54.2 Å². The van der Waals surface area contributed by atoms with E-state index in [1.807, 2.05) is 19.2 Å². The van der Waals surface area contributed by atoms with Crippen LogP contribution >= 0.6 is 11.3 Å². The molecule has 34 heavy (non-hydrogen) atoms. The Morgan fingerprint density at radius 2 is 1.85 bits per heavy atom. The summed E-state index contributed by atoms with van der Waals surface area (Å²) in [5.41, 5.74) is 9.54. The maximum absolute atomic E-state index is 4.72. The van der Waals surface area contributed by atoms with E-state index in [4.69, 9.17) is 4.98 Å². The fourth-order valence-corrected chi connectivity index (χ4v) is 5.00. The Balaban J connectivity index is 1.31. The van der Waals surface area contributed by atoms with Crippen LogP contribution in [0.1, 0.15) is 29.3 Å². The van der Waals surface area contributed by atoms with Crippen LogP contribution < -0.4 is 10.6 Å². The molecule has 0 unspecified atom stereocenters. The maximum Gasteiger partial charge on any atom is 0.187 e. The van der Waals surface area contributed by atoms with E-state index in [0.717, 1.165) is 56.1 Å². The van der Waals surface area contributed by atoms with Crippen LogP contribution in [0.5, 0.6) is 0 Å². The average Bonchev–Trinajstić information content (AvgIpc) is 3.42. The minimum absolute atomic E-state index is 0.845. The summed E-state index contributed by atoms with van der Waals surface area (Å²) in [6, 6.07) is 20.8. The summed E-state index contributed by atoms with van der Waals surface area (Å²) in [7, 11) is 0. The van der Waals surface area contributed by atoms with E-state index in [1.54, 1.807) is 11.3 Å². The molecule has 0 bridgehead atoms. The molecule has 0 fully saturated rings. The van der Waals surface area contributed by atoms with Crippen LogP contribution in [0.4, 0.5) is 16.5 Å². The highest BCUT2D eigenvalue weighted by Gasteiger charge is 2.14. The lowest BCUT2D eigenvalue weighted by Gasteiger charge is -2.14. The third kappa shape index (κ3) is 4.32. The number of aromatic nitrogens is 3. The quantitative estimate of drug-likeness (QED) is 0.262. The predicted molar refractivity (Wildman–Crippen MR) is 144 cm³/mol. The third-order valence-corrected chi connectivity index (χ3v) is 6.78. The number of fused-ring (bicyclic) bond motifs is 1. The lowest BCUT2D eigenvalue weighted by atomic mass is 10.1. The number of hydrogen-bond acceptors (Lipinski definition) is 5. The van der Waals surface area contributed by atoms with Gasteiger partial charge in [0.2, 0.25) is 0 Å². The summed E-state index contributed by atoms with van der Waals surface area (Å²) < 4.78 is 2.13. The van der Waals surface area contributed by atoms with E-state index >= 15 is 0 Å². The molecule has 0 aliphatic heterocycles. The second-order valence-electron chi connectivity index (χ2n) is 8.32. The van der Waals surface area contributed by atoms with Gasteiger partial charge in [-0.15, -0.1) is 0 Å². The molecule has 5 nitrogen and oxygen atoms in total. The number of nitrogens with one attached hydrogen (secondary N) is 2. The van der Waals surface area contributed by atoms with Gasteiger partial charge in [-0.2, -0.15) is 0 Å². The van der Waals surface area contributed by atoms with Gasteiger partial charge in [-0.05, 0) is 67.3 Å². The highest BCUT2D eigenvalue weighted by Crippen LogP contribution is 2.33. The van der Waals surface area contributed by atoms with Crippen LogP contribution in [0, 0.1) is 13.8 Å². The number of hydrogen-bond donors (Lipinski definition) is 2. The van der Waals surface area contributed by atoms with E-state index in [9.17, 15) is 0 Å². The second-order valence-corrected chi connectivity index (χ2v) is 9.36. The first kappa shape index (κ1) is 21.9. The molecule has 170 valence electrons. The monoisotopic (exact) mass is 465 g/mol. The Bertz CT molecular complexity index is 1480. The van der Waals surface area contributed by atoms with Gasteiger partial charge in [0.1, 0.15) is 5.65 Å². The summed E-state index contributed by atoms with van der Waals surface area (Å²) in [6.45, 7) is 10.5. The lowest BCUT2D eigenvalue weighted by molar-refractivity contribution is 1.14. The van der Waals surface area contributed by atoms with Crippen LogP contribution in [0.25, 0.3) is 21.9 Å². The van der Waals surface area contributed by atoms with Crippen molar-refractivity contribution < 1.29 is 0 Å². The Kier molecular flexibility index (Phi) is 5.90. The number of pyridine rings is 1. The summed E-state index contributed by atoms with van der Waals surface area (Å²) >= 11 is 1.62. The van der Waals surface area contributed by atoms with Gasteiger partial charge in [0.25, 0.3) is 0 Å². The van der Waals surface area contributed by atoms with Crippen LogP contribution in [-0.4, -0.2) is 14.4 Å². The smallest absolute Gasteiger partial charge is 0.187 e. The van der Waals surface area contributed by atoms with Gasteiger partial charge >= 0.3 is 0 Å². The number of thiazole rings is 1. The van der Waals surface area contributed by atoms with Crippen molar-refractivity contribution in [1.82, 2.24) is 14.4 Å². The highest BCUT2D eigenvalue weighted by molar-refractivity contribution is 7.18. The Morgan fingerprint density at radius 1 is 1.06 bits per heavy atom. The molecule has 0 radical (unpaired) electrons. The van der Waals surface area contributed by atoms with Crippen LogP contribution in [0.15, 0.2) is 79.6 Å². The molecule has 0 amide bonds. The standard InChI is InChI=1S/C28H27N5S/c1-5-21-8-6-7-9-24(21)30-19(3)22-10-12-23(13-11-22)32-28-29-17-25(34-28)27-20(4)31-26-16-18(2)14-15-33(26)27/h6-17,30H,3,5H2,1-2,4H3,(H,29,32). The zero-order valence-electron chi connectivity index (χ0n) is 19.6. The van der Waals surface area contributed by atoms with E-state index < -0.39 is 0 Å². The first-order valence-corrected chi connectivity index (χ1v) is 12.2. The molecule has 2 aromatic carbocycles. The van der Waals surface area contributed by atoms with Crippen molar-refractivity contribution in [1.29, 1.82) is 0 Å². The van der Waals surface area contributed by atoms with Gasteiger partial charge < -0.3 is 10.6 Å². The SMILES string of the molecule is C=C(Nc1ccccc1CC)c1ccc(Nc2ncc(-c3c(C)nc4cc(C)ccn34)s2)cc1. The molecule has 0 aliphatic carbocycles. The van der Waals surface area contributed by atoms with Gasteiger partial charge in [0, 0.05) is 29.5 Å². The van der Waals surface area contributed by atoms with E-state index in [1.165, 1.54) is 11.1 Å². The van der Waals surface area contributed by atoms with Gasteiger partial charge in [-0.3, -0.25) is 4.40 Å².